The Morgan fingerprint density at radius 1 is 1.35 bits per heavy atom. The molecule has 1 amide bonds. The molecular weight excluding hydrogens is 371 g/mol. The van der Waals surface area contributed by atoms with Gasteiger partial charge in [0.25, 0.3) is 5.91 Å². The Labute approximate surface area is 126 Å². The third kappa shape index (κ3) is 3.23. The number of amides is 1. The molecule has 1 aromatic heterocycles. The van der Waals surface area contributed by atoms with E-state index in [1.807, 2.05) is 0 Å². The molecule has 0 aliphatic rings. The zero-order chi connectivity index (χ0) is 14.9. The minimum atomic E-state index is -3.96. The molecule has 0 fully saturated rings. The highest BCUT2D eigenvalue weighted by molar-refractivity contribution is 9.10. The smallest absolute Gasteiger partial charge is 0.266 e. The maximum Gasteiger partial charge on any atom is 0.266 e. The Morgan fingerprint density at radius 2 is 2.05 bits per heavy atom. The van der Waals surface area contributed by atoms with E-state index in [0.29, 0.717) is 9.35 Å². The molecule has 106 valence electrons. The van der Waals surface area contributed by atoms with Crippen LogP contribution < -0.4 is 10.5 Å². The van der Waals surface area contributed by atoms with Gasteiger partial charge in [-0.05, 0) is 45.6 Å². The Kier molecular flexibility index (Phi) is 4.23. The molecule has 9 heteroatoms. The third-order valence-corrected chi connectivity index (χ3v) is 5.09. The van der Waals surface area contributed by atoms with Gasteiger partial charge >= 0.3 is 0 Å². The Balaban J connectivity index is 2.34. The van der Waals surface area contributed by atoms with Gasteiger partial charge in [0.05, 0.1) is 10.6 Å². The fourth-order valence-corrected chi connectivity index (χ4v) is 3.40. The molecule has 0 aliphatic carbocycles. The molecule has 0 saturated heterocycles. The highest BCUT2D eigenvalue weighted by atomic mass is 79.9. The topological polar surface area (TPSA) is 89.3 Å². The highest BCUT2D eigenvalue weighted by Gasteiger charge is 2.16. The van der Waals surface area contributed by atoms with E-state index in [0.717, 1.165) is 18.2 Å². The second kappa shape index (κ2) is 5.60. The summed E-state index contributed by atoms with van der Waals surface area (Å²) in [6, 6.07) is 4.61. The van der Waals surface area contributed by atoms with Crippen LogP contribution in [-0.2, 0) is 10.0 Å². The Hall–Kier alpha value is -1.29. The van der Waals surface area contributed by atoms with Crippen molar-refractivity contribution in [1.82, 2.24) is 0 Å². The summed E-state index contributed by atoms with van der Waals surface area (Å²) in [6.45, 7) is 0. The summed E-state index contributed by atoms with van der Waals surface area (Å²) in [5.74, 6) is -1.30. The summed E-state index contributed by atoms with van der Waals surface area (Å²) in [4.78, 5) is 12.0. The molecule has 0 aliphatic heterocycles. The number of halogens is 2. The monoisotopic (exact) mass is 378 g/mol. The van der Waals surface area contributed by atoms with Gasteiger partial charge in [-0.1, -0.05) is 0 Å². The van der Waals surface area contributed by atoms with E-state index >= 15 is 0 Å². The lowest BCUT2D eigenvalue weighted by atomic mass is 10.3. The third-order valence-electron chi connectivity index (χ3n) is 2.34. The fourth-order valence-electron chi connectivity index (χ4n) is 1.41. The molecule has 1 aromatic carbocycles. The summed E-state index contributed by atoms with van der Waals surface area (Å²) < 4.78 is 36.6. The van der Waals surface area contributed by atoms with Gasteiger partial charge < -0.3 is 5.32 Å². The van der Waals surface area contributed by atoms with Crippen LogP contribution in [0.3, 0.4) is 0 Å². The zero-order valence-corrected chi connectivity index (χ0v) is 13.0. The predicted octanol–water partition coefficient (Wildman–Crippen LogP) is 2.55. The molecule has 5 nitrogen and oxygen atoms in total. The van der Waals surface area contributed by atoms with Gasteiger partial charge in [-0.15, -0.1) is 11.3 Å². The second-order valence-corrected chi connectivity index (χ2v) is 7.07. The molecular formula is C11H8BrFN2O3S2. The second-order valence-electron chi connectivity index (χ2n) is 3.74. The summed E-state index contributed by atoms with van der Waals surface area (Å²) in [6.07, 6.45) is 0. The number of benzene rings is 1. The van der Waals surface area contributed by atoms with Crippen molar-refractivity contribution in [3.05, 3.63) is 44.8 Å². The van der Waals surface area contributed by atoms with Crippen LogP contribution >= 0.6 is 27.3 Å². The zero-order valence-electron chi connectivity index (χ0n) is 9.76. The van der Waals surface area contributed by atoms with Gasteiger partial charge in [0.2, 0.25) is 10.0 Å². The molecule has 0 radical (unpaired) electrons. The molecule has 2 aromatic rings. The van der Waals surface area contributed by atoms with Crippen molar-refractivity contribution in [3.63, 3.8) is 0 Å². The van der Waals surface area contributed by atoms with Crippen molar-refractivity contribution >= 4 is 48.9 Å². The Morgan fingerprint density at radius 3 is 2.60 bits per heavy atom. The van der Waals surface area contributed by atoms with Crippen LogP contribution in [0, 0.1) is 5.82 Å². The maximum absolute atomic E-state index is 13.6. The first-order valence-corrected chi connectivity index (χ1v) is 8.37. The van der Waals surface area contributed by atoms with Crippen LogP contribution in [0.2, 0.25) is 0 Å². The van der Waals surface area contributed by atoms with Crippen LogP contribution in [-0.4, -0.2) is 14.3 Å². The van der Waals surface area contributed by atoms with Gasteiger partial charge in [0, 0.05) is 4.47 Å². The lowest BCUT2D eigenvalue weighted by Crippen LogP contribution is -2.15. The minimum Gasteiger partial charge on any atom is -0.319 e. The summed E-state index contributed by atoms with van der Waals surface area (Å²) in [7, 11) is -3.96. The normalized spacial score (nSPS) is 11.3. The maximum atomic E-state index is 13.6. The van der Waals surface area contributed by atoms with Crippen molar-refractivity contribution in [3.8, 4) is 0 Å². The molecule has 0 bridgehead atoms. The number of carbonyl (C=O) groups excluding carboxylic acids is 1. The van der Waals surface area contributed by atoms with E-state index in [4.69, 9.17) is 5.14 Å². The fraction of sp³-hybridized carbons (Fsp3) is 0. The number of nitrogens with two attached hydrogens (primary N) is 1. The number of hydrogen-bond donors (Lipinski definition) is 2. The van der Waals surface area contributed by atoms with E-state index in [9.17, 15) is 17.6 Å². The van der Waals surface area contributed by atoms with Crippen molar-refractivity contribution in [2.24, 2.45) is 5.14 Å². The standard InChI is InChI=1S/C11H8BrFN2O3S2/c12-7-3-4-19-10(7)11(16)15-9-5-6(20(14,17)18)1-2-8(9)13/h1-5H,(H,15,16)(H2,14,17,18). The van der Waals surface area contributed by atoms with Crippen LogP contribution in [0.15, 0.2) is 39.0 Å². The lowest BCUT2D eigenvalue weighted by Gasteiger charge is -2.07. The number of primary sulfonamides is 1. The number of nitrogens with one attached hydrogen (secondary N) is 1. The van der Waals surface area contributed by atoms with Crippen molar-refractivity contribution in [1.29, 1.82) is 0 Å². The largest absolute Gasteiger partial charge is 0.319 e. The van der Waals surface area contributed by atoms with Gasteiger partial charge in [0.1, 0.15) is 10.7 Å². The van der Waals surface area contributed by atoms with Crippen LogP contribution in [0.4, 0.5) is 10.1 Å². The van der Waals surface area contributed by atoms with Crippen LogP contribution in [0.1, 0.15) is 9.67 Å². The number of hydrogen-bond acceptors (Lipinski definition) is 4. The SMILES string of the molecule is NS(=O)(=O)c1ccc(F)c(NC(=O)c2sccc2Br)c1. The average molecular weight is 379 g/mol. The molecule has 20 heavy (non-hydrogen) atoms. The number of carbonyl (C=O) groups is 1. The quantitative estimate of drug-likeness (QED) is 0.859. The molecule has 0 saturated carbocycles. The van der Waals surface area contributed by atoms with Gasteiger partial charge in [-0.3, -0.25) is 4.79 Å². The van der Waals surface area contributed by atoms with E-state index in [1.165, 1.54) is 11.3 Å². The Bertz CT molecular complexity index is 774. The number of sulfonamides is 1. The molecule has 3 N–H and O–H groups in total. The number of thiophene rings is 1. The average Bonchev–Trinajstić information content (AvgIpc) is 2.77. The van der Waals surface area contributed by atoms with E-state index in [-0.39, 0.29) is 10.6 Å². The van der Waals surface area contributed by atoms with Crippen molar-refractivity contribution < 1.29 is 17.6 Å². The van der Waals surface area contributed by atoms with Gasteiger partial charge in [-0.25, -0.2) is 17.9 Å². The van der Waals surface area contributed by atoms with E-state index < -0.39 is 21.7 Å². The van der Waals surface area contributed by atoms with Crippen molar-refractivity contribution in [2.45, 2.75) is 4.90 Å². The predicted molar refractivity (Wildman–Crippen MR) is 77.7 cm³/mol. The van der Waals surface area contributed by atoms with E-state index in [2.05, 4.69) is 21.2 Å². The first-order valence-electron chi connectivity index (χ1n) is 5.16. The minimum absolute atomic E-state index is 0.248. The molecule has 1 heterocycles. The lowest BCUT2D eigenvalue weighted by molar-refractivity contribution is 0.102. The number of rotatable bonds is 3. The van der Waals surface area contributed by atoms with E-state index in [1.54, 1.807) is 11.4 Å². The molecule has 0 unspecified atom stereocenters. The molecule has 0 atom stereocenters. The first-order chi connectivity index (χ1) is 9.29. The van der Waals surface area contributed by atoms with Gasteiger partial charge in [0.15, 0.2) is 0 Å². The highest BCUT2D eigenvalue weighted by Crippen LogP contribution is 2.25. The summed E-state index contributed by atoms with van der Waals surface area (Å²) in [5, 5.41) is 8.96. The molecule has 0 spiro atoms. The van der Waals surface area contributed by atoms with Gasteiger partial charge in [-0.2, -0.15) is 0 Å². The summed E-state index contributed by atoms with van der Waals surface area (Å²) in [5.41, 5.74) is -0.248. The van der Waals surface area contributed by atoms with Crippen molar-refractivity contribution in [2.75, 3.05) is 5.32 Å². The van der Waals surface area contributed by atoms with Crippen LogP contribution in [0.25, 0.3) is 0 Å². The van der Waals surface area contributed by atoms with Crippen LogP contribution in [0.5, 0.6) is 0 Å². The number of anilines is 1. The first kappa shape index (κ1) is 15.1. The molecule has 2 rings (SSSR count). The summed E-state index contributed by atoms with van der Waals surface area (Å²) >= 11 is 4.35.